The normalized spacial score (nSPS) is 15.3. The Hall–Kier alpha value is -3.39. The van der Waals surface area contributed by atoms with Crippen LogP contribution in [0.25, 0.3) is 11.1 Å². The number of carboxylic acid groups (broad SMARTS) is 1. The van der Waals surface area contributed by atoms with Crippen LogP contribution in [-0.4, -0.2) is 31.2 Å². The zero-order valence-electron chi connectivity index (χ0n) is 16.2. The lowest BCUT2D eigenvalue weighted by atomic mass is 9.88. The fourth-order valence-corrected chi connectivity index (χ4v) is 4.92. The van der Waals surface area contributed by atoms with Crippen LogP contribution in [0.5, 0.6) is 11.5 Å². The number of benzene rings is 2. The molecule has 0 spiro atoms. The maximum Gasteiger partial charge on any atom is 0.346 e. The average Bonchev–Trinajstić information content (AvgIpc) is 3.13. The Labute approximate surface area is 175 Å². The van der Waals surface area contributed by atoms with Gasteiger partial charge in [-0.3, -0.25) is 4.79 Å². The summed E-state index contributed by atoms with van der Waals surface area (Å²) in [4.78, 5) is 25.4. The highest BCUT2D eigenvalue weighted by molar-refractivity contribution is 7.15. The number of nitrogens with one attached hydrogen (secondary N) is 1. The molecule has 2 N–H and O–H groups in total. The van der Waals surface area contributed by atoms with Crippen LogP contribution < -0.4 is 14.8 Å². The van der Waals surface area contributed by atoms with E-state index < -0.39 is 11.8 Å². The maximum atomic E-state index is 13.4. The van der Waals surface area contributed by atoms with Crippen molar-refractivity contribution in [3.8, 4) is 22.6 Å². The zero-order valence-corrected chi connectivity index (χ0v) is 17.0. The van der Waals surface area contributed by atoms with Gasteiger partial charge >= 0.3 is 5.97 Å². The van der Waals surface area contributed by atoms with E-state index in [0.717, 1.165) is 21.8 Å². The minimum absolute atomic E-state index is 0.0892. The van der Waals surface area contributed by atoms with Crippen LogP contribution in [0.4, 0.5) is 10.1 Å². The first-order valence-electron chi connectivity index (χ1n) is 9.10. The van der Waals surface area contributed by atoms with E-state index in [-0.39, 0.29) is 23.1 Å². The molecule has 6 nitrogen and oxygen atoms in total. The first kappa shape index (κ1) is 19.9. The van der Waals surface area contributed by atoms with E-state index in [9.17, 15) is 19.1 Å². The molecule has 2 aromatic carbocycles. The molecule has 0 fully saturated rings. The summed E-state index contributed by atoms with van der Waals surface area (Å²) in [6.07, 6.45) is 0.151. The van der Waals surface area contributed by atoms with Crippen molar-refractivity contribution in [2.75, 3.05) is 19.5 Å². The van der Waals surface area contributed by atoms with Crippen molar-refractivity contribution in [1.29, 1.82) is 0 Å². The molecule has 4 rings (SSSR count). The van der Waals surface area contributed by atoms with Crippen LogP contribution >= 0.6 is 11.3 Å². The topological polar surface area (TPSA) is 84.9 Å². The van der Waals surface area contributed by atoms with Gasteiger partial charge in [-0.05, 0) is 23.8 Å². The number of carbonyl (C=O) groups excluding carboxylic acids is 1. The molecule has 3 aromatic rings. The lowest BCUT2D eigenvalue weighted by Gasteiger charge is -2.25. The van der Waals surface area contributed by atoms with Gasteiger partial charge in [-0.25, -0.2) is 9.18 Å². The number of aromatic carboxylic acids is 1. The van der Waals surface area contributed by atoms with Gasteiger partial charge in [-0.1, -0.05) is 18.2 Å². The monoisotopic (exact) mass is 427 g/mol. The van der Waals surface area contributed by atoms with Crippen molar-refractivity contribution in [3.63, 3.8) is 0 Å². The molecule has 1 atom stereocenters. The van der Waals surface area contributed by atoms with E-state index in [1.165, 1.54) is 31.4 Å². The van der Waals surface area contributed by atoms with Crippen LogP contribution in [0.15, 0.2) is 42.5 Å². The van der Waals surface area contributed by atoms with E-state index in [4.69, 9.17) is 9.47 Å². The molecule has 1 unspecified atom stereocenters. The first-order valence-corrected chi connectivity index (χ1v) is 9.92. The number of carboxylic acids is 1. The Kier molecular flexibility index (Phi) is 5.17. The first-order chi connectivity index (χ1) is 14.4. The Morgan fingerprint density at radius 1 is 1.17 bits per heavy atom. The molecule has 1 aromatic heterocycles. The number of thiophene rings is 1. The lowest BCUT2D eigenvalue weighted by molar-refractivity contribution is -0.116. The maximum absolute atomic E-state index is 13.4. The van der Waals surface area contributed by atoms with Gasteiger partial charge in [0.05, 0.1) is 19.9 Å². The lowest BCUT2D eigenvalue weighted by Crippen LogP contribution is -2.22. The number of methoxy groups -OCH3 is 2. The number of anilines is 1. The Morgan fingerprint density at radius 2 is 1.90 bits per heavy atom. The number of fused-ring (bicyclic) bond motifs is 1. The molecule has 30 heavy (non-hydrogen) atoms. The van der Waals surface area contributed by atoms with E-state index in [2.05, 4.69) is 5.32 Å². The fourth-order valence-electron chi connectivity index (χ4n) is 3.69. The molecule has 8 heteroatoms. The SMILES string of the molecule is COc1ccc(C2CC(=O)Nc3c2sc(C(=O)O)c3-c2ccc(F)cc2)c(OC)c1. The molecule has 0 aliphatic carbocycles. The van der Waals surface area contributed by atoms with Crippen LogP contribution in [0.3, 0.4) is 0 Å². The van der Waals surface area contributed by atoms with E-state index in [0.29, 0.717) is 28.3 Å². The van der Waals surface area contributed by atoms with E-state index >= 15 is 0 Å². The van der Waals surface area contributed by atoms with E-state index in [1.54, 1.807) is 19.2 Å². The van der Waals surface area contributed by atoms with Crippen LogP contribution in [-0.2, 0) is 4.79 Å². The number of rotatable bonds is 5. The third-order valence-corrected chi connectivity index (χ3v) is 6.34. The Bertz CT molecular complexity index is 1140. The van der Waals surface area contributed by atoms with Gasteiger partial charge in [-0.15, -0.1) is 11.3 Å². The standard InChI is InChI=1S/C22H18FNO5S/c1-28-13-7-8-14(16(9-13)29-2)15-10-17(25)24-19-18(11-3-5-12(23)6-4-11)21(22(26)27)30-20(15)19/h3-9,15H,10H2,1-2H3,(H,24,25)(H,26,27). The molecular formula is C22H18FNO5S. The summed E-state index contributed by atoms with van der Waals surface area (Å²) in [5, 5.41) is 12.6. The summed E-state index contributed by atoms with van der Waals surface area (Å²) in [7, 11) is 3.08. The summed E-state index contributed by atoms with van der Waals surface area (Å²) in [6.45, 7) is 0. The molecule has 1 amide bonds. The highest BCUT2D eigenvalue weighted by Crippen LogP contribution is 2.51. The fraction of sp³-hybridized carbons (Fsp3) is 0.182. The predicted molar refractivity (Wildman–Crippen MR) is 111 cm³/mol. The minimum Gasteiger partial charge on any atom is -0.497 e. The van der Waals surface area contributed by atoms with Gasteiger partial charge < -0.3 is 19.9 Å². The third-order valence-electron chi connectivity index (χ3n) is 5.05. The van der Waals surface area contributed by atoms with Crippen molar-refractivity contribution in [3.05, 3.63) is 63.6 Å². The second kappa shape index (κ2) is 7.79. The van der Waals surface area contributed by atoms with Crippen LogP contribution in [0.2, 0.25) is 0 Å². The van der Waals surface area contributed by atoms with Crippen LogP contribution in [0.1, 0.15) is 32.5 Å². The summed E-state index contributed by atoms with van der Waals surface area (Å²) < 4.78 is 24.2. The van der Waals surface area contributed by atoms with E-state index in [1.807, 2.05) is 6.07 Å². The molecule has 154 valence electrons. The van der Waals surface area contributed by atoms with Gasteiger partial charge in [0.1, 0.15) is 22.2 Å². The summed E-state index contributed by atoms with van der Waals surface area (Å²) in [6, 6.07) is 10.9. The van der Waals surface area contributed by atoms with Crippen molar-refractivity contribution >= 4 is 28.9 Å². The molecule has 1 aliphatic rings. The number of halogens is 1. The second-order valence-corrected chi connectivity index (χ2v) is 7.82. The van der Waals surface area contributed by atoms with Gasteiger partial charge in [0, 0.05) is 34.4 Å². The Morgan fingerprint density at radius 3 is 2.53 bits per heavy atom. The van der Waals surface area contributed by atoms with Gasteiger partial charge in [0.2, 0.25) is 5.91 Å². The Balaban J connectivity index is 1.93. The number of amides is 1. The minimum atomic E-state index is -1.11. The van der Waals surface area contributed by atoms with Gasteiger partial charge in [0.15, 0.2) is 0 Å². The second-order valence-electron chi connectivity index (χ2n) is 6.77. The molecule has 0 saturated heterocycles. The molecular weight excluding hydrogens is 409 g/mol. The molecule has 0 saturated carbocycles. The number of carbonyl (C=O) groups is 2. The van der Waals surface area contributed by atoms with Crippen molar-refractivity contribution in [2.24, 2.45) is 0 Å². The van der Waals surface area contributed by atoms with Gasteiger partial charge in [-0.2, -0.15) is 0 Å². The quantitative estimate of drug-likeness (QED) is 0.614. The zero-order chi connectivity index (χ0) is 21.4. The molecule has 0 radical (unpaired) electrons. The number of hydrogen-bond acceptors (Lipinski definition) is 5. The smallest absolute Gasteiger partial charge is 0.346 e. The predicted octanol–water partition coefficient (Wildman–Crippen LogP) is 4.74. The largest absolute Gasteiger partial charge is 0.497 e. The van der Waals surface area contributed by atoms with Crippen molar-refractivity contribution in [2.45, 2.75) is 12.3 Å². The summed E-state index contributed by atoms with van der Waals surface area (Å²) >= 11 is 1.11. The number of hydrogen-bond donors (Lipinski definition) is 2. The highest BCUT2D eigenvalue weighted by atomic mass is 32.1. The highest BCUT2D eigenvalue weighted by Gasteiger charge is 2.35. The summed E-state index contributed by atoms with van der Waals surface area (Å²) in [5.41, 5.74) is 2.11. The third kappa shape index (κ3) is 3.39. The number of ether oxygens (including phenoxy) is 2. The van der Waals surface area contributed by atoms with Crippen molar-refractivity contribution in [1.82, 2.24) is 0 Å². The molecule has 0 bridgehead atoms. The summed E-state index contributed by atoms with van der Waals surface area (Å²) in [5.74, 6) is -0.988. The van der Waals surface area contributed by atoms with Crippen LogP contribution in [0, 0.1) is 5.82 Å². The average molecular weight is 427 g/mol. The van der Waals surface area contributed by atoms with Gasteiger partial charge in [0.25, 0.3) is 0 Å². The molecule has 1 aliphatic heterocycles. The van der Waals surface area contributed by atoms with Crippen molar-refractivity contribution < 1.29 is 28.6 Å². The molecule has 2 heterocycles.